The van der Waals surface area contributed by atoms with Crippen LogP contribution in [0.15, 0.2) is 0 Å². The van der Waals surface area contributed by atoms with Gasteiger partial charge in [-0.25, -0.2) is 9.97 Å². The molecule has 1 heterocycles. The number of carbonyl (C=O) groups excluding carboxylic acids is 1. The smallest absolute Gasteiger partial charge is 0.257 e. The first-order chi connectivity index (χ1) is 7.97. The number of carbonyl (C=O) groups is 1. The number of unbranched alkanes of at least 4 members (excludes halogenated alkanes) is 1. The lowest BCUT2D eigenvalue weighted by Gasteiger charge is -2.18. The molecule has 0 N–H and O–H groups in total. The molecule has 0 aliphatic carbocycles. The Morgan fingerprint density at radius 2 is 1.71 bits per heavy atom. The van der Waals surface area contributed by atoms with Crippen LogP contribution in [0.4, 0.5) is 0 Å². The van der Waals surface area contributed by atoms with Gasteiger partial charge in [-0.05, 0) is 27.2 Å². The second-order valence-electron chi connectivity index (χ2n) is 4.40. The van der Waals surface area contributed by atoms with Gasteiger partial charge in [0.15, 0.2) is 0 Å². The van der Waals surface area contributed by atoms with Gasteiger partial charge < -0.3 is 4.90 Å². The van der Waals surface area contributed by atoms with E-state index in [2.05, 4.69) is 16.9 Å². The van der Waals surface area contributed by atoms with Crippen molar-refractivity contribution >= 4 is 5.91 Å². The Morgan fingerprint density at radius 3 is 2.18 bits per heavy atom. The predicted molar refractivity (Wildman–Crippen MR) is 68.1 cm³/mol. The fourth-order valence-corrected chi connectivity index (χ4v) is 1.88. The lowest BCUT2D eigenvalue weighted by molar-refractivity contribution is 0.0790. The number of aryl methyl sites for hydroxylation is 3. The number of rotatable bonds is 4. The number of hydrogen-bond donors (Lipinski definition) is 0. The Morgan fingerprint density at radius 1 is 1.18 bits per heavy atom. The summed E-state index contributed by atoms with van der Waals surface area (Å²) in [6.45, 7) is 8.46. The van der Waals surface area contributed by atoms with E-state index in [9.17, 15) is 4.79 Å². The molecule has 1 aromatic heterocycles. The average molecular weight is 235 g/mol. The molecule has 0 atom stereocenters. The minimum atomic E-state index is 0.0217. The minimum Gasteiger partial charge on any atom is -0.342 e. The molecule has 94 valence electrons. The monoisotopic (exact) mass is 235 g/mol. The Balaban J connectivity index is 2.96. The van der Waals surface area contributed by atoms with E-state index in [1.54, 1.807) is 4.90 Å². The maximum atomic E-state index is 12.2. The maximum Gasteiger partial charge on any atom is 0.257 e. The van der Waals surface area contributed by atoms with Gasteiger partial charge in [0.25, 0.3) is 5.91 Å². The molecule has 0 spiro atoms. The van der Waals surface area contributed by atoms with E-state index >= 15 is 0 Å². The van der Waals surface area contributed by atoms with Crippen molar-refractivity contribution in [2.24, 2.45) is 0 Å². The van der Waals surface area contributed by atoms with Crippen molar-refractivity contribution < 1.29 is 4.79 Å². The van der Waals surface area contributed by atoms with Crippen LogP contribution in [0.5, 0.6) is 0 Å². The Hall–Kier alpha value is -1.45. The predicted octanol–water partition coefficient (Wildman–Crippen LogP) is 2.27. The fraction of sp³-hybridized carbons (Fsp3) is 0.615. The summed E-state index contributed by atoms with van der Waals surface area (Å²) in [5, 5.41) is 0. The largest absolute Gasteiger partial charge is 0.342 e. The second kappa shape index (κ2) is 5.75. The quantitative estimate of drug-likeness (QED) is 0.804. The highest BCUT2D eigenvalue weighted by Gasteiger charge is 2.18. The van der Waals surface area contributed by atoms with Gasteiger partial charge in [-0.1, -0.05) is 13.3 Å². The van der Waals surface area contributed by atoms with Gasteiger partial charge in [-0.3, -0.25) is 4.79 Å². The van der Waals surface area contributed by atoms with E-state index in [-0.39, 0.29) is 5.91 Å². The van der Waals surface area contributed by atoms with Gasteiger partial charge >= 0.3 is 0 Å². The van der Waals surface area contributed by atoms with E-state index in [0.717, 1.165) is 30.8 Å². The molecule has 0 aromatic carbocycles. The third-order valence-corrected chi connectivity index (χ3v) is 2.79. The van der Waals surface area contributed by atoms with E-state index in [1.165, 1.54) is 0 Å². The number of nitrogens with zero attached hydrogens (tertiary/aromatic N) is 3. The van der Waals surface area contributed by atoms with Crippen LogP contribution in [0, 0.1) is 20.8 Å². The lowest BCUT2D eigenvalue weighted by atomic mass is 10.1. The van der Waals surface area contributed by atoms with E-state index in [0.29, 0.717) is 11.4 Å². The Kier molecular flexibility index (Phi) is 4.61. The summed E-state index contributed by atoms with van der Waals surface area (Å²) < 4.78 is 0. The first-order valence-electron chi connectivity index (χ1n) is 6.04. The molecule has 17 heavy (non-hydrogen) atoms. The normalized spacial score (nSPS) is 10.4. The number of hydrogen-bond acceptors (Lipinski definition) is 3. The van der Waals surface area contributed by atoms with Crippen molar-refractivity contribution in [1.29, 1.82) is 0 Å². The van der Waals surface area contributed by atoms with Gasteiger partial charge in [0.1, 0.15) is 5.82 Å². The molecule has 0 fully saturated rings. The summed E-state index contributed by atoms with van der Waals surface area (Å²) in [6.07, 6.45) is 2.10. The molecular weight excluding hydrogens is 214 g/mol. The van der Waals surface area contributed by atoms with Crippen LogP contribution in [0.25, 0.3) is 0 Å². The maximum absolute atomic E-state index is 12.2. The number of amides is 1. The number of aromatic nitrogens is 2. The average Bonchev–Trinajstić information content (AvgIpc) is 2.24. The van der Waals surface area contributed by atoms with Crippen molar-refractivity contribution in [3.8, 4) is 0 Å². The molecular formula is C13H21N3O. The highest BCUT2D eigenvalue weighted by Crippen LogP contribution is 2.12. The summed E-state index contributed by atoms with van der Waals surface area (Å²) in [7, 11) is 1.83. The van der Waals surface area contributed by atoms with Gasteiger partial charge in [0, 0.05) is 13.6 Å². The summed E-state index contributed by atoms with van der Waals surface area (Å²) >= 11 is 0. The van der Waals surface area contributed by atoms with Crippen LogP contribution in [-0.2, 0) is 0 Å². The molecule has 0 aliphatic rings. The van der Waals surface area contributed by atoms with Crippen LogP contribution in [0.2, 0.25) is 0 Å². The molecule has 1 amide bonds. The van der Waals surface area contributed by atoms with Gasteiger partial charge in [0.05, 0.1) is 17.0 Å². The zero-order chi connectivity index (χ0) is 13.0. The van der Waals surface area contributed by atoms with Crippen molar-refractivity contribution in [3.63, 3.8) is 0 Å². The van der Waals surface area contributed by atoms with Gasteiger partial charge in [0.2, 0.25) is 0 Å². The third kappa shape index (κ3) is 3.25. The molecule has 0 radical (unpaired) electrons. The highest BCUT2D eigenvalue weighted by molar-refractivity contribution is 5.96. The summed E-state index contributed by atoms with van der Waals surface area (Å²) in [4.78, 5) is 22.5. The lowest BCUT2D eigenvalue weighted by Crippen LogP contribution is -2.29. The van der Waals surface area contributed by atoms with Crippen molar-refractivity contribution in [3.05, 3.63) is 22.8 Å². The van der Waals surface area contributed by atoms with Crippen molar-refractivity contribution in [2.45, 2.75) is 40.5 Å². The third-order valence-electron chi connectivity index (χ3n) is 2.79. The van der Waals surface area contributed by atoms with Gasteiger partial charge in [-0.2, -0.15) is 0 Å². The van der Waals surface area contributed by atoms with Crippen LogP contribution < -0.4 is 0 Å². The molecule has 1 rings (SSSR count). The summed E-state index contributed by atoms with van der Waals surface area (Å²) in [5.74, 6) is 0.737. The van der Waals surface area contributed by atoms with Crippen molar-refractivity contribution in [1.82, 2.24) is 14.9 Å². The summed E-state index contributed by atoms with van der Waals surface area (Å²) in [5.41, 5.74) is 2.18. The second-order valence-corrected chi connectivity index (χ2v) is 4.40. The van der Waals surface area contributed by atoms with Gasteiger partial charge in [-0.15, -0.1) is 0 Å². The van der Waals surface area contributed by atoms with Crippen LogP contribution in [-0.4, -0.2) is 34.4 Å². The van der Waals surface area contributed by atoms with E-state index in [4.69, 9.17) is 0 Å². The van der Waals surface area contributed by atoms with Crippen LogP contribution in [0.1, 0.15) is 47.3 Å². The standard InChI is InChI=1S/C13H21N3O/c1-6-7-8-16(5)13(17)12-9(2)14-11(4)15-10(12)3/h6-8H2,1-5H3. The highest BCUT2D eigenvalue weighted by atomic mass is 16.2. The zero-order valence-electron chi connectivity index (χ0n) is 11.4. The first-order valence-corrected chi connectivity index (χ1v) is 6.04. The molecule has 0 saturated carbocycles. The topological polar surface area (TPSA) is 46.1 Å². The van der Waals surface area contributed by atoms with E-state index in [1.807, 2.05) is 27.8 Å². The van der Waals surface area contributed by atoms with Crippen LogP contribution in [0.3, 0.4) is 0 Å². The molecule has 0 aliphatic heterocycles. The van der Waals surface area contributed by atoms with Crippen LogP contribution >= 0.6 is 0 Å². The SMILES string of the molecule is CCCCN(C)C(=O)c1c(C)nc(C)nc1C. The fourth-order valence-electron chi connectivity index (χ4n) is 1.88. The molecule has 0 unspecified atom stereocenters. The van der Waals surface area contributed by atoms with E-state index < -0.39 is 0 Å². The summed E-state index contributed by atoms with van der Waals surface area (Å²) in [6, 6.07) is 0. The Labute approximate surface area is 103 Å². The van der Waals surface area contributed by atoms with Crippen molar-refractivity contribution in [2.75, 3.05) is 13.6 Å². The molecule has 0 bridgehead atoms. The minimum absolute atomic E-state index is 0.0217. The first kappa shape index (κ1) is 13.6. The molecule has 4 nitrogen and oxygen atoms in total. The molecule has 4 heteroatoms. The Bertz CT molecular complexity index is 392. The molecule has 0 saturated heterocycles. The zero-order valence-corrected chi connectivity index (χ0v) is 11.4. The molecule has 1 aromatic rings.